The molecule has 0 saturated carbocycles. The Bertz CT molecular complexity index is 3640. The van der Waals surface area contributed by atoms with Crippen LogP contribution in [0.25, 0.3) is 0 Å². The number of allylic oxidation sites excluding steroid dienone is 7. The number of nitrogens with one attached hydrogen (secondary N) is 3. The molecule has 852 valence electrons. The third-order valence-electron chi connectivity index (χ3n) is 23.3. The fraction of sp³-hybridized carbons (Fsp3) is 0.587. The van der Waals surface area contributed by atoms with E-state index in [1.807, 2.05) is 128 Å². The molecule has 27 nitrogen and oxygen atoms in total. The molecule has 7 atom stereocenters. The molecule has 0 saturated heterocycles. The second-order valence-corrected chi connectivity index (χ2v) is 36.3. The van der Waals surface area contributed by atoms with Gasteiger partial charge in [0, 0.05) is 74.4 Å². The van der Waals surface area contributed by atoms with Crippen LogP contribution in [0.3, 0.4) is 0 Å². The topological polar surface area (TPSA) is 459 Å². The van der Waals surface area contributed by atoms with Crippen molar-refractivity contribution in [2.45, 2.75) is 325 Å². The van der Waals surface area contributed by atoms with Gasteiger partial charge in [-0.1, -0.05) is 322 Å². The van der Waals surface area contributed by atoms with E-state index in [0.717, 1.165) is 101 Å². The molecule has 0 aliphatic heterocycles. The average molecular weight is 2120 g/mol. The van der Waals surface area contributed by atoms with Crippen LogP contribution in [0.1, 0.15) is 338 Å². The third kappa shape index (κ3) is 99.0. The van der Waals surface area contributed by atoms with Crippen molar-refractivity contribution in [3.05, 3.63) is 232 Å². The Morgan fingerprint density at radius 1 is 0.360 bits per heavy atom. The van der Waals surface area contributed by atoms with Crippen molar-refractivity contribution in [2.75, 3.05) is 59.5 Å². The van der Waals surface area contributed by atoms with Crippen molar-refractivity contribution in [1.82, 2.24) is 16.0 Å². The SMILES string of the molecule is C=CCC(C(=O)OCC)C(=O)OCC.C=CCC(CC)CC.C=CCC(CC)CO.C=CCC(CC)C[O-].C=CCC(CO)CO.C=CCC(C[O-])CO.CC(=O)[C@H](NC(=O)c1ccccc1)C(C)C.CC(=O)[C@H](NC(=O)c1ccccc1)C(C)C.CC(=O)[C@H](NC(=O)c1ccccc1)C(C)C.CCC(CC)C/C=C/C(=O)OCc1ccccc1.CCC(CC)CC=O.CCC(CC)CCCC(=O)O.CCC(C[O-])CC(=O)O.[AlH3].[H-].[Li+]. The maximum atomic E-state index is 11.8. The molecule has 0 heterocycles. The van der Waals surface area contributed by atoms with Crippen molar-refractivity contribution < 1.29 is 138 Å². The number of aliphatic hydroxyl groups is 4. The van der Waals surface area contributed by atoms with E-state index in [1.54, 1.807) is 105 Å². The Labute approximate surface area is 929 Å². The van der Waals surface area contributed by atoms with Crippen molar-refractivity contribution in [3.63, 3.8) is 0 Å². The zero-order valence-electron chi connectivity index (χ0n) is 96.6. The van der Waals surface area contributed by atoms with Crippen LogP contribution < -0.4 is 50.1 Å². The second-order valence-electron chi connectivity index (χ2n) is 36.3. The average Bonchev–Trinajstić information content (AvgIpc) is 0.871. The fourth-order valence-corrected chi connectivity index (χ4v) is 12.8. The van der Waals surface area contributed by atoms with E-state index >= 15 is 0 Å². The van der Waals surface area contributed by atoms with Crippen LogP contribution >= 0.6 is 0 Å². The predicted molar refractivity (Wildman–Crippen MR) is 608 cm³/mol. The Morgan fingerprint density at radius 2 is 0.640 bits per heavy atom. The molecule has 0 radical (unpaired) electrons. The number of aliphatic carboxylic acids is 2. The number of esters is 3. The normalized spacial score (nSPS) is 11.4. The van der Waals surface area contributed by atoms with Gasteiger partial charge >= 0.3 is 48.7 Å². The van der Waals surface area contributed by atoms with Gasteiger partial charge in [-0.25, -0.2) is 4.79 Å². The van der Waals surface area contributed by atoms with E-state index in [-0.39, 0.29) is 180 Å². The van der Waals surface area contributed by atoms with E-state index < -0.39 is 47.9 Å². The number of rotatable bonds is 59. The van der Waals surface area contributed by atoms with Crippen molar-refractivity contribution >= 4 is 88.6 Å². The standard InChI is InChI=1S/C16H22O2.3C13H17NO2.C10H16O4.C9H18O2.C8H16.2C7H14O.C7H13O.C6H11O3.C6H12O2.C6H11O2.Al.Li.4H/c1-3-14(4-2)11-8-12-16(17)18-13-15-9-6-5-7-10-15;3*1-9(2)12(10(3)15)14-13(16)11-7-5-4-6-8-11;1-4-7-8(9(11)13-5-2)10(12)14-6-3;1-3-8(4-2)6-5-7-9(10)11;1-4-7-8(5-2)6-3;1-3-7(4-2)5-6-8;2*1-3-5-7(4-2)6-8;1-2-5(4-7)3-6(8)9;2*1-2-3-6(4-7)5-8;;;;;;/h5-10,12,14H,3-4,11,13H2,1-2H3;3*4-9,12H,1-3H3,(H,14,16);4,8H,1,5-7H2,2-3H3;8H,3-7H2,1-2H3,(H,10,11);4,8H,1,5-7H2,2-3H3;6-7H,3-5H2,1-2H3;3,7-8H,1,4-6H2,2H3;3,7H,1,4-6H2,2H3;5H,2-4H2,1H3,(H,8,9);2,6-8H,1,3-5H2;2,6-7H,1,3-5H2;;;;;;/q;;;;;;;;;2*-1;;-1;;+1;;;;-1/b12-8+;;;;;;;;;;;;;;;;;;/t;3*12-;;;;;;;;;;;;;;;/m.111.............../s1. The molecule has 0 spiro atoms. The summed E-state index contributed by atoms with van der Waals surface area (Å²) in [5.41, 5.74) is 2.75. The summed E-state index contributed by atoms with van der Waals surface area (Å²) in [5, 5.41) is 89.1. The Kier molecular flexibility index (Phi) is 126. The third-order valence-corrected chi connectivity index (χ3v) is 23.3. The molecule has 9 N–H and O–H groups in total. The number of carbonyl (C=O) groups excluding carboxylic acids is 10. The molecular weight excluding hydrogens is 1910 g/mol. The first-order valence-corrected chi connectivity index (χ1v) is 53.0. The number of hydrogen-bond donors (Lipinski definition) is 9. The Morgan fingerprint density at radius 3 is 0.853 bits per heavy atom. The van der Waals surface area contributed by atoms with Crippen LogP contribution in [0.2, 0.25) is 0 Å². The van der Waals surface area contributed by atoms with E-state index in [4.69, 9.17) is 44.8 Å². The minimum Gasteiger partial charge on any atom is -1.00 e. The van der Waals surface area contributed by atoms with E-state index in [1.165, 1.54) is 59.0 Å². The quantitative estimate of drug-likeness (QED) is 0.00377. The molecule has 0 aromatic heterocycles. The van der Waals surface area contributed by atoms with Crippen LogP contribution in [0.5, 0.6) is 0 Å². The molecular formula is C121H202AlLiN3O24-3. The number of aliphatic hydroxyl groups excluding tert-OH is 4. The summed E-state index contributed by atoms with van der Waals surface area (Å²) in [7, 11) is 0. The summed E-state index contributed by atoms with van der Waals surface area (Å²) < 4.78 is 14.6. The molecule has 4 rings (SSSR count). The molecule has 0 aliphatic carbocycles. The van der Waals surface area contributed by atoms with Gasteiger partial charge in [0.2, 0.25) is 0 Å². The predicted octanol–water partition coefficient (Wildman–Crippen LogP) is 17.2. The molecule has 0 fully saturated rings. The number of ether oxygens (including phenoxy) is 3. The number of carbonyl (C=O) groups is 12. The van der Waals surface area contributed by atoms with Crippen LogP contribution in [-0.2, 0) is 64.0 Å². The molecule has 3 amide bonds. The maximum Gasteiger partial charge on any atom is 1.00 e. The van der Waals surface area contributed by atoms with Gasteiger partial charge in [-0.05, 0) is 194 Å². The molecule has 4 aromatic carbocycles. The van der Waals surface area contributed by atoms with Gasteiger partial charge in [-0.3, -0.25) is 47.9 Å². The minimum absolute atomic E-state index is 0. The number of amides is 3. The van der Waals surface area contributed by atoms with Crippen LogP contribution in [0.15, 0.2) is 209 Å². The summed E-state index contributed by atoms with van der Waals surface area (Å²) in [6.07, 6.45) is 35.7. The summed E-state index contributed by atoms with van der Waals surface area (Å²) in [6.45, 7) is 64.7. The van der Waals surface area contributed by atoms with Crippen LogP contribution in [0.4, 0.5) is 0 Å². The van der Waals surface area contributed by atoms with Crippen molar-refractivity contribution in [2.24, 2.45) is 76.9 Å². The number of aldehydes is 1. The van der Waals surface area contributed by atoms with Gasteiger partial charge in [0.25, 0.3) is 17.7 Å². The molecule has 0 bridgehead atoms. The number of Topliss-reactive ketones (excluding diaryl/α,β-unsaturated/α-hetero) is 3. The smallest absolute Gasteiger partial charge is 1.00 e. The zero-order chi connectivity index (χ0) is 115. The summed E-state index contributed by atoms with van der Waals surface area (Å²) >= 11 is 0. The van der Waals surface area contributed by atoms with E-state index in [0.29, 0.717) is 79.3 Å². The summed E-state index contributed by atoms with van der Waals surface area (Å²) in [6, 6.07) is 35.2. The summed E-state index contributed by atoms with van der Waals surface area (Å²) in [5.74, 6) is -0.737. The molecule has 150 heavy (non-hydrogen) atoms. The van der Waals surface area contributed by atoms with Gasteiger partial charge in [-0.2, -0.15) is 0 Å². The molecule has 0 aliphatic rings. The second kappa shape index (κ2) is 116. The number of ketones is 3. The van der Waals surface area contributed by atoms with E-state index in [2.05, 4.69) is 118 Å². The van der Waals surface area contributed by atoms with Crippen molar-refractivity contribution in [1.29, 1.82) is 0 Å². The maximum absolute atomic E-state index is 11.8. The first-order chi connectivity index (χ1) is 70.5. The van der Waals surface area contributed by atoms with Gasteiger partial charge in [-0.15, -0.1) is 59.3 Å². The molecule has 29 heteroatoms. The zero-order valence-corrected chi connectivity index (χ0v) is 95.6. The van der Waals surface area contributed by atoms with E-state index in [9.17, 15) is 72.9 Å². The van der Waals surface area contributed by atoms with Gasteiger partial charge in [0.05, 0.1) is 31.3 Å². The first kappa shape index (κ1) is 163. The number of hydrogen-bond acceptors (Lipinski definition) is 22. The number of carboxylic acid groups (broad SMARTS) is 2. The molecule has 4 aromatic rings. The monoisotopic (exact) mass is 2120 g/mol. The Balaban J connectivity index is -0.000000140. The fourth-order valence-electron chi connectivity index (χ4n) is 12.8. The minimum atomic E-state index is -0.877. The first-order valence-electron chi connectivity index (χ1n) is 53.0. The van der Waals surface area contributed by atoms with Gasteiger partial charge in [0.1, 0.15) is 12.9 Å². The van der Waals surface area contributed by atoms with Gasteiger partial charge in [0.15, 0.2) is 40.6 Å². The Hall–Kier alpha value is -9.65. The number of carboxylic acids is 2. The summed E-state index contributed by atoms with van der Waals surface area (Å²) in [4.78, 5) is 134. The van der Waals surface area contributed by atoms with Gasteiger partial charge < -0.3 is 82.3 Å². The van der Waals surface area contributed by atoms with Crippen LogP contribution in [0, 0.1) is 76.9 Å². The largest absolute Gasteiger partial charge is 1.00 e. The molecule has 4 unspecified atom stereocenters. The number of benzene rings is 4. The van der Waals surface area contributed by atoms with Crippen molar-refractivity contribution in [3.8, 4) is 0 Å². The van der Waals surface area contributed by atoms with Crippen LogP contribution in [-0.4, -0.2) is 197 Å².